The summed E-state index contributed by atoms with van der Waals surface area (Å²) in [6, 6.07) is 6.47. The van der Waals surface area contributed by atoms with Gasteiger partial charge in [0.2, 0.25) is 5.91 Å². The van der Waals surface area contributed by atoms with E-state index in [9.17, 15) is 19.2 Å². The smallest absolute Gasteiger partial charge is 0.408 e. The lowest BCUT2D eigenvalue weighted by Gasteiger charge is -2.50. The van der Waals surface area contributed by atoms with Gasteiger partial charge in [0.15, 0.2) is 0 Å². The topological polar surface area (TPSA) is 114 Å². The van der Waals surface area contributed by atoms with E-state index in [0.29, 0.717) is 12.0 Å². The number of β-lactam (4-membered cyclic amide) rings is 1. The van der Waals surface area contributed by atoms with Gasteiger partial charge in [0.05, 0.1) is 6.04 Å². The van der Waals surface area contributed by atoms with E-state index < -0.39 is 47.2 Å². The van der Waals surface area contributed by atoms with Crippen LogP contribution in [0, 0.1) is 5.92 Å². The molecule has 1 aromatic rings. The van der Waals surface area contributed by atoms with Gasteiger partial charge in [-0.3, -0.25) is 14.5 Å². The standard InChI is InChI=1S/C26H35N3O6/c1-15-13-17-20(22(31)29(17)18(14-15)23(32)34-25(2,3)4)27-21(30)19(16-11-9-8-10-12-16)28-24(33)35-26(5,6)7/h8-12,14-15,17,19-20H,13H2,1-7H3,(H,27,30)(H,28,33)/t15-,17-,19+,20+/m0/s1. The van der Waals surface area contributed by atoms with Gasteiger partial charge in [-0.2, -0.15) is 0 Å². The van der Waals surface area contributed by atoms with Crippen molar-refractivity contribution in [3.8, 4) is 0 Å². The molecule has 9 heteroatoms. The van der Waals surface area contributed by atoms with Crippen molar-refractivity contribution in [2.75, 3.05) is 0 Å². The SMILES string of the molecule is C[C@@H]1C=C(C(=O)OC(C)(C)C)N2C(=O)[C@H](NC(=O)[C@H](NC(=O)OC(C)(C)C)c3ccccc3)[C@@H]2C1. The molecule has 1 saturated heterocycles. The fraction of sp³-hybridized carbons (Fsp3) is 0.538. The maximum atomic E-state index is 13.3. The number of carbonyl (C=O) groups excluding carboxylic acids is 4. The van der Waals surface area contributed by atoms with Gasteiger partial charge in [0.1, 0.15) is 29.0 Å². The van der Waals surface area contributed by atoms with Crippen molar-refractivity contribution in [1.82, 2.24) is 15.5 Å². The number of fused-ring (bicyclic) bond motifs is 1. The average molecular weight is 486 g/mol. The van der Waals surface area contributed by atoms with Gasteiger partial charge >= 0.3 is 12.1 Å². The summed E-state index contributed by atoms with van der Waals surface area (Å²) < 4.78 is 10.8. The number of hydrogen-bond acceptors (Lipinski definition) is 6. The second-order valence-corrected chi connectivity index (χ2v) is 11.0. The van der Waals surface area contributed by atoms with E-state index in [2.05, 4.69) is 10.6 Å². The zero-order valence-electron chi connectivity index (χ0n) is 21.4. The molecule has 1 aromatic carbocycles. The number of amides is 3. The molecule has 0 bridgehead atoms. The second kappa shape index (κ2) is 9.71. The summed E-state index contributed by atoms with van der Waals surface area (Å²) in [7, 11) is 0. The van der Waals surface area contributed by atoms with Crippen LogP contribution < -0.4 is 10.6 Å². The largest absolute Gasteiger partial charge is 0.455 e. The Hall–Kier alpha value is -3.36. The van der Waals surface area contributed by atoms with E-state index >= 15 is 0 Å². The number of alkyl carbamates (subject to hydrolysis) is 1. The molecular weight excluding hydrogens is 450 g/mol. The summed E-state index contributed by atoms with van der Waals surface area (Å²) >= 11 is 0. The minimum Gasteiger partial charge on any atom is -0.455 e. The molecule has 4 atom stereocenters. The van der Waals surface area contributed by atoms with Crippen LogP contribution in [-0.2, 0) is 23.9 Å². The molecule has 3 rings (SSSR count). The van der Waals surface area contributed by atoms with E-state index in [1.807, 2.05) is 6.92 Å². The average Bonchev–Trinajstić information content (AvgIpc) is 2.73. The Balaban J connectivity index is 1.76. The molecule has 0 aliphatic carbocycles. The maximum absolute atomic E-state index is 13.3. The van der Waals surface area contributed by atoms with Crippen LogP contribution in [0.5, 0.6) is 0 Å². The summed E-state index contributed by atoms with van der Waals surface area (Å²) in [6.45, 7) is 12.4. The lowest BCUT2D eigenvalue weighted by atomic mass is 9.82. The molecule has 1 fully saturated rings. The first-order valence-corrected chi connectivity index (χ1v) is 11.8. The molecule has 9 nitrogen and oxygen atoms in total. The number of rotatable bonds is 5. The van der Waals surface area contributed by atoms with Crippen LogP contribution in [0.4, 0.5) is 4.79 Å². The van der Waals surface area contributed by atoms with Crippen LogP contribution >= 0.6 is 0 Å². The molecule has 2 aliphatic rings. The third-order valence-corrected chi connectivity index (χ3v) is 5.50. The lowest BCUT2D eigenvalue weighted by Crippen LogP contribution is -2.72. The minimum atomic E-state index is -1.06. The summed E-state index contributed by atoms with van der Waals surface area (Å²) in [5, 5.41) is 5.39. The van der Waals surface area contributed by atoms with Crippen LogP contribution in [0.25, 0.3) is 0 Å². The predicted octanol–water partition coefficient (Wildman–Crippen LogP) is 3.21. The number of allylic oxidation sites excluding steroid dienone is 1. The number of nitrogens with zero attached hydrogens (tertiary/aromatic N) is 1. The highest BCUT2D eigenvalue weighted by Gasteiger charge is 2.54. The van der Waals surface area contributed by atoms with Gasteiger partial charge in [0, 0.05) is 0 Å². The van der Waals surface area contributed by atoms with Gasteiger partial charge in [-0.25, -0.2) is 9.59 Å². The quantitative estimate of drug-likeness (QED) is 0.489. The zero-order valence-corrected chi connectivity index (χ0v) is 21.4. The Kier molecular flexibility index (Phi) is 7.29. The highest BCUT2D eigenvalue weighted by atomic mass is 16.6. The van der Waals surface area contributed by atoms with E-state index in [1.165, 1.54) is 4.90 Å². The highest BCUT2D eigenvalue weighted by Crippen LogP contribution is 2.37. The Bertz CT molecular complexity index is 1020. The Morgan fingerprint density at radius 3 is 2.17 bits per heavy atom. The highest BCUT2D eigenvalue weighted by molar-refractivity contribution is 6.02. The van der Waals surface area contributed by atoms with E-state index in [0.717, 1.165) is 0 Å². The Labute approximate surface area is 206 Å². The number of carbonyl (C=O) groups is 4. The van der Waals surface area contributed by atoms with Gasteiger partial charge in [-0.1, -0.05) is 43.3 Å². The molecule has 0 spiro atoms. The first kappa shape index (κ1) is 26.2. The first-order valence-electron chi connectivity index (χ1n) is 11.8. The summed E-state index contributed by atoms with van der Waals surface area (Å²) in [5.74, 6) is -1.49. The van der Waals surface area contributed by atoms with Gasteiger partial charge in [-0.05, 0) is 59.4 Å². The minimum absolute atomic E-state index is 0.0103. The van der Waals surface area contributed by atoms with Crippen LogP contribution in [0.15, 0.2) is 42.1 Å². The molecular formula is C26H35N3O6. The van der Waals surface area contributed by atoms with E-state index in [4.69, 9.17) is 9.47 Å². The first-order chi connectivity index (χ1) is 16.2. The lowest BCUT2D eigenvalue weighted by molar-refractivity contribution is -0.163. The van der Waals surface area contributed by atoms with Crippen molar-refractivity contribution >= 4 is 23.9 Å². The van der Waals surface area contributed by atoms with Crippen molar-refractivity contribution in [2.24, 2.45) is 5.92 Å². The fourth-order valence-electron chi connectivity index (χ4n) is 4.14. The van der Waals surface area contributed by atoms with Gasteiger partial charge < -0.3 is 20.1 Å². The van der Waals surface area contributed by atoms with E-state index in [1.54, 1.807) is 78.0 Å². The van der Waals surface area contributed by atoms with Crippen molar-refractivity contribution in [2.45, 2.75) is 84.2 Å². The molecule has 2 aliphatic heterocycles. The number of esters is 1. The predicted molar refractivity (Wildman–Crippen MR) is 129 cm³/mol. The third-order valence-electron chi connectivity index (χ3n) is 5.50. The van der Waals surface area contributed by atoms with Crippen molar-refractivity contribution in [1.29, 1.82) is 0 Å². The monoisotopic (exact) mass is 485 g/mol. The number of ether oxygens (including phenoxy) is 2. The summed E-state index contributed by atoms with van der Waals surface area (Å²) in [5.41, 5.74) is -0.697. The molecule has 0 aromatic heterocycles. The van der Waals surface area contributed by atoms with Crippen LogP contribution in [-0.4, -0.2) is 52.1 Å². The normalized spacial score (nSPS) is 22.7. The molecule has 2 N–H and O–H groups in total. The van der Waals surface area contributed by atoms with Gasteiger partial charge in [0.25, 0.3) is 5.91 Å². The van der Waals surface area contributed by atoms with Crippen molar-refractivity contribution < 1.29 is 28.7 Å². The van der Waals surface area contributed by atoms with E-state index in [-0.39, 0.29) is 17.7 Å². The fourth-order valence-corrected chi connectivity index (χ4v) is 4.14. The molecule has 0 saturated carbocycles. The van der Waals surface area contributed by atoms with Gasteiger partial charge in [-0.15, -0.1) is 0 Å². The summed E-state index contributed by atoms with van der Waals surface area (Å²) in [4.78, 5) is 52.9. The number of benzene rings is 1. The molecule has 0 unspecified atom stereocenters. The molecule has 2 heterocycles. The van der Waals surface area contributed by atoms with Crippen LogP contribution in [0.2, 0.25) is 0 Å². The molecule has 0 radical (unpaired) electrons. The number of hydrogen-bond donors (Lipinski definition) is 2. The van der Waals surface area contributed by atoms with Crippen LogP contribution in [0.1, 0.15) is 66.5 Å². The van der Waals surface area contributed by atoms with Crippen LogP contribution in [0.3, 0.4) is 0 Å². The summed E-state index contributed by atoms with van der Waals surface area (Å²) in [6.07, 6.45) is 1.57. The van der Waals surface area contributed by atoms with Crippen molar-refractivity contribution in [3.63, 3.8) is 0 Å². The second-order valence-electron chi connectivity index (χ2n) is 11.0. The molecule has 35 heavy (non-hydrogen) atoms. The maximum Gasteiger partial charge on any atom is 0.408 e. The zero-order chi connectivity index (χ0) is 26.1. The third kappa shape index (κ3) is 6.41. The number of nitrogens with one attached hydrogen (secondary N) is 2. The van der Waals surface area contributed by atoms with Crippen molar-refractivity contribution in [3.05, 3.63) is 47.7 Å². The Morgan fingerprint density at radius 1 is 1.00 bits per heavy atom. The molecule has 3 amide bonds. The Morgan fingerprint density at radius 2 is 1.60 bits per heavy atom. The molecule has 190 valence electrons.